The molecule has 0 saturated heterocycles. The predicted octanol–water partition coefficient (Wildman–Crippen LogP) is 5.60. The molecule has 0 unspecified atom stereocenters. The highest BCUT2D eigenvalue weighted by atomic mass is 35.5. The molecular weight excluding hydrogens is 601 g/mol. The van der Waals surface area contributed by atoms with E-state index in [-0.39, 0.29) is 33.2 Å². The van der Waals surface area contributed by atoms with Crippen LogP contribution < -0.4 is 10.6 Å². The van der Waals surface area contributed by atoms with Crippen LogP contribution in [0, 0.1) is 0 Å². The van der Waals surface area contributed by atoms with Crippen molar-refractivity contribution in [2.24, 2.45) is 0 Å². The van der Waals surface area contributed by atoms with Gasteiger partial charge in [-0.15, -0.1) is 11.3 Å². The fourth-order valence-corrected chi connectivity index (χ4v) is 5.58. The van der Waals surface area contributed by atoms with Crippen molar-refractivity contribution in [1.29, 1.82) is 0 Å². The van der Waals surface area contributed by atoms with E-state index >= 15 is 0 Å². The SMILES string of the molecule is O=C(O)c1ccccc1C(=O)NCCCc1csc(-c2ccc(C[C@H](NC(=O)c3c(Cl)cccc3Cl)C(=O)O)cc2)n1. The highest BCUT2D eigenvalue weighted by molar-refractivity contribution is 7.13. The molecule has 42 heavy (non-hydrogen) atoms. The number of benzene rings is 3. The highest BCUT2D eigenvalue weighted by Gasteiger charge is 2.24. The van der Waals surface area contributed by atoms with Crippen LogP contribution in [0.5, 0.6) is 0 Å². The number of hydrogen-bond donors (Lipinski definition) is 4. The lowest BCUT2D eigenvalue weighted by Crippen LogP contribution is -2.42. The lowest BCUT2D eigenvalue weighted by atomic mass is 10.0. The fraction of sp³-hybridized carbons (Fsp3) is 0.167. The number of rotatable bonds is 12. The Morgan fingerprint density at radius 2 is 1.52 bits per heavy atom. The zero-order chi connectivity index (χ0) is 30.2. The van der Waals surface area contributed by atoms with Gasteiger partial charge in [-0.3, -0.25) is 9.59 Å². The summed E-state index contributed by atoms with van der Waals surface area (Å²) in [5.41, 5.74) is 2.50. The average molecular weight is 627 g/mol. The zero-order valence-electron chi connectivity index (χ0n) is 22.0. The van der Waals surface area contributed by atoms with Gasteiger partial charge in [-0.05, 0) is 42.7 Å². The molecule has 0 bridgehead atoms. The molecule has 1 heterocycles. The van der Waals surface area contributed by atoms with E-state index < -0.39 is 29.8 Å². The number of thiazole rings is 1. The number of nitrogens with zero attached hydrogens (tertiary/aromatic N) is 1. The number of nitrogens with one attached hydrogen (secondary N) is 2. The lowest BCUT2D eigenvalue weighted by molar-refractivity contribution is -0.139. The summed E-state index contributed by atoms with van der Waals surface area (Å²) in [5, 5.41) is 27.2. The van der Waals surface area contributed by atoms with Crippen LogP contribution in [0.1, 0.15) is 48.8 Å². The van der Waals surface area contributed by atoms with E-state index in [1.165, 1.54) is 35.6 Å². The van der Waals surface area contributed by atoms with E-state index in [4.69, 9.17) is 23.2 Å². The number of carbonyl (C=O) groups excluding carboxylic acids is 2. The normalized spacial score (nSPS) is 11.5. The molecule has 0 saturated carbocycles. The smallest absolute Gasteiger partial charge is 0.336 e. The molecular formula is C30H25Cl2N3O6S. The highest BCUT2D eigenvalue weighted by Crippen LogP contribution is 2.26. The minimum absolute atomic E-state index is 0.0212. The molecule has 0 radical (unpaired) electrons. The molecule has 0 fully saturated rings. The van der Waals surface area contributed by atoms with Gasteiger partial charge in [0.2, 0.25) is 0 Å². The maximum atomic E-state index is 12.7. The van der Waals surface area contributed by atoms with E-state index in [9.17, 15) is 29.4 Å². The van der Waals surface area contributed by atoms with Crippen molar-refractivity contribution in [1.82, 2.24) is 15.6 Å². The molecule has 4 rings (SSSR count). The van der Waals surface area contributed by atoms with Crippen molar-refractivity contribution in [2.75, 3.05) is 6.54 Å². The van der Waals surface area contributed by atoms with Gasteiger partial charge in [0, 0.05) is 23.9 Å². The first-order valence-electron chi connectivity index (χ1n) is 12.8. The number of aliphatic carboxylic acids is 1. The molecule has 2 amide bonds. The maximum absolute atomic E-state index is 12.7. The number of aromatic carboxylic acids is 1. The number of carboxylic acids is 2. The number of aromatic nitrogens is 1. The van der Waals surface area contributed by atoms with E-state index in [0.717, 1.165) is 16.3 Å². The topological polar surface area (TPSA) is 146 Å². The summed E-state index contributed by atoms with van der Waals surface area (Å²) >= 11 is 13.6. The molecule has 1 aromatic heterocycles. The number of carbonyl (C=O) groups is 4. The molecule has 0 aliphatic carbocycles. The van der Waals surface area contributed by atoms with Crippen molar-refractivity contribution in [2.45, 2.75) is 25.3 Å². The Balaban J connectivity index is 1.31. The number of aryl methyl sites for hydroxylation is 1. The molecule has 3 aromatic carbocycles. The average Bonchev–Trinajstić information content (AvgIpc) is 3.44. The van der Waals surface area contributed by atoms with Crippen LogP contribution in [0.15, 0.2) is 72.1 Å². The summed E-state index contributed by atoms with van der Waals surface area (Å²) in [5.74, 6) is -3.46. The molecule has 0 spiro atoms. The van der Waals surface area contributed by atoms with Gasteiger partial charge < -0.3 is 20.8 Å². The molecule has 0 aliphatic heterocycles. The Hall–Kier alpha value is -4.25. The Morgan fingerprint density at radius 1 is 0.857 bits per heavy atom. The summed E-state index contributed by atoms with van der Waals surface area (Å²) in [6.07, 6.45) is 1.28. The van der Waals surface area contributed by atoms with E-state index in [1.54, 1.807) is 30.3 Å². The van der Waals surface area contributed by atoms with Crippen molar-refractivity contribution < 1.29 is 29.4 Å². The van der Waals surface area contributed by atoms with Crippen LogP contribution in [-0.4, -0.2) is 51.5 Å². The van der Waals surface area contributed by atoms with Crippen molar-refractivity contribution >= 4 is 58.3 Å². The van der Waals surface area contributed by atoms with Crippen molar-refractivity contribution in [3.63, 3.8) is 0 Å². The Bertz CT molecular complexity index is 1600. The zero-order valence-corrected chi connectivity index (χ0v) is 24.3. The molecule has 12 heteroatoms. The lowest BCUT2D eigenvalue weighted by Gasteiger charge is -2.16. The van der Waals surface area contributed by atoms with Crippen molar-refractivity contribution in [3.05, 3.63) is 110 Å². The molecule has 216 valence electrons. The Kier molecular flexibility index (Phi) is 10.3. The van der Waals surface area contributed by atoms with E-state index in [2.05, 4.69) is 15.6 Å². The number of hydrogen-bond acceptors (Lipinski definition) is 6. The van der Waals surface area contributed by atoms with Gasteiger partial charge in [0.25, 0.3) is 11.8 Å². The fourth-order valence-electron chi connectivity index (χ4n) is 4.15. The first kappa shape index (κ1) is 30.7. The second-order valence-corrected chi connectivity index (χ2v) is 10.9. The van der Waals surface area contributed by atoms with E-state index in [1.807, 2.05) is 17.5 Å². The van der Waals surface area contributed by atoms with Gasteiger partial charge in [0.15, 0.2) is 0 Å². The third-order valence-corrected chi connectivity index (χ3v) is 7.85. The van der Waals surface area contributed by atoms with Crippen LogP contribution >= 0.6 is 34.5 Å². The van der Waals surface area contributed by atoms with Gasteiger partial charge in [0.1, 0.15) is 11.0 Å². The first-order valence-corrected chi connectivity index (χ1v) is 14.4. The summed E-state index contributed by atoms with van der Waals surface area (Å²) in [6, 6.07) is 16.7. The first-order chi connectivity index (χ1) is 20.1. The Morgan fingerprint density at radius 3 is 2.17 bits per heavy atom. The minimum Gasteiger partial charge on any atom is -0.480 e. The van der Waals surface area contributed by atoms with Crippen LogP contribution in [0.3, 0.4) is 0 Å². The third-order valence-electron chi connectivity index (χ3n) is 6.28. The minimum atomic E-state index is -1.19. The molecule has 0 aliphatic rings. The van der Waals surface area contributed by atoms with Crippen LogP contribution in [0.25, 0.3) is 10.6 Å². The molecule has 4 aromatic rings. The van der Waals surface area contributed by atoms with E-state index in [0.29, 0.717) is 24.9 Å². The quantitative estimate of drug-likeness (QED) is 0.150. The van der Waals surface area contributed by atoms with Gasteiger partial charge in [-0.2, -0.15) is 0 Å². The number of carboxylic acid groups (broad SMARTS) is 2. The van der Waals surface area contributed by atoms with Crippen LogP contribution in [0.4, 0.5) is 0 Å². The van der Waals surface area contributed by atoms with Gasteiger partial charge in [0.05, 0.1) is 32.4 Å². The molecule has 4 N–H and O–H groups in total. The number of halogens is 2. The van der Waals surface area contributed by atoms with Crippen LogP contribution in [0.2, 0.25) is 10.0 Å². The van der Waals surface area contributed by atoms with Gasteiger partial charge >= 0.3 is 11.9 Å². The van der Waals surface area contributed by atoms with Crippen LogP contribution in [-0.2, 0) is 17.6 Å². The summed E-state index contributed by atoms with van der Waals surface area (Å²) in [7, 11) is 0. The molecule has 1 atom stereocenters. The second-order valence-electron chi connectivity index (χ2n) is 9.22. The number of amides is 2. The largest absolute Gasteiger partial charge is 0.480 e. The van der Waals surface area contributed by atoms with Gasteiger partial charge in [-0.25, -0.2) is 14.6 Å². The summed E-state index contributed by atoms with van der Waals surface area (Å²) < 4.78 is 0. The summed E-state index contributed by atoms with van der Waals surface area (Å²) in [6.45, 7) is 0.359. The van der Waals surface area contributed by atoms with Gasteiger partial charge in [-0.1, -0.05) is 65.7 Å². The summed E-state index contributed by atoms with van der Waals surface area (Å²) in [4.78, 5) is 52.9. The predicted molar refractivity (Wildman–Crippen MR) is 161 cm³/mol. The standard InChI is InChI=1S/C30H25Cl2N3O6S/c31-22-8-3-9-23(32)25(22)27(37)35-24(30(40)41)15-17-10-12-18(13-11-17)28-34-19(16-42-28)5-4-14-33-26(36)20-6-1-2-7-21(20)29(38)39/h1-3,6-13,16,24H,4-5,14-15H2,(H,33,36)(H,35,37)(H,38,39)(H,40,41)/t24-/m0/s1. The monoisotopic (exact) mass is 625 g/mol. The van der Waals surface area contributed by atoms with Crippen molar-refractivity contribution in [3.8, 4) is 10.6 Å². The third kappa shape index (κ3) is 7.73. The second kappa shape index (κ2) is 14.1. The Labute approximate surface area is 255 Å². The molecule has 9 nitrogen and oxygen atoms in total. The maximum Gasteiger partial charge on any atom is 0.336 e.